The maximum Gasteiger partial charge on any atom is 0.491 e. The quantitative estimate of drug-likeness (QED) is 0.681. The lowest BCUT2D eigenvalue weighted by Crippen LogP contribution is -2.27. The van der Waals surface area contributed by atoms with Gasteiger partial charge in [0.1, 0.15) is 11.5 Å². The summed E-state index contributed by atoms with van der Waals surface area (Å²) in [7, 11) is -0.855. The fourth-order valence-corrected chi connectivity index (χ4v) is 2.26. The molecule has 1 aliphatic heterocycles. The number of hydrogen-bond donors (Lipinski definition) is 1. The highest BCUT2D eigenvalue weighted by molar-refractivity contribution is 6.61. The van der Waals surface area contributed by atoms with Crippen LogP contribution in [0.4, 0.5) is 5.69 Å². The number of fused-ring (bicyclic) bond motifs is 1. The van der Waals surface area contributed by atoms with E-state index in [4.69, 9.17) is 27.6 Å². The molecule has 1 N–H and O–H groups in total. The molecule has 3 rings (SSSR count). The van der Waals surface area contributed by atoms with E-state index in [0.29, 0.717) is 28.8 Å². The van der Waals surface area contributed by atoms with Gasteiger partial charge in [0.15, 0.2) is 0 Å². The van der Waals surface area contributed by atoms with Gasteiger partial charge >= 0.3 is 7.12 Å². The molecule has 0 fully saturated rings. The fraction of sp³-hybridized carbons (Fsp3) is 0.0714. The molecule has 2 aromatic carbocycles. The van der Waals surface area contributed by atoms with Crippen molar-refractivity contribution in [2.45, 2.75) is 6.61 Å². The number of ether oxygens (including phenoxy) is 1. The summed E-state index contributed by atoms with van der Waals surface area (Å²) in [6, 6.07) is 10.3. The predicted molar refractivity (Wildman–Crippen MR) is 76.6 cm³/mol. The van der Waals surface area contributed by atoms with Crippen molar-refractivity contribution in [3.05, 3.63) is 58.4 Å². The topological polar surface area (TPSA) is 43.0 Å². The minimum atomic E-state index is -0.855. The van der Waals surface area contributed by atoms with Gasteiger partial charge in [-0.15, -0.1) is 0 Å². The highest BCUT2D eigenvalue weighted by Gasteiger charge is 2.27. The standard InChI is InChI=1S/C14H9BClNO3/c1-17-14-5-3-11(7-13(14)16)20-10-2-4-12-9(6-10)8-19-15(12)18/h2-7,18H,8H2. The number of hydrogen-bond acceptors (Lipinski definition) is 3. The average Bonchev–Trinajstić information content (AvgIpc) is 2.80. The van der Waals surface area contributed by atoms with E-state index in [9.17, 15) is 5.02 Å². The molecule has 0 saturated heterocycles. The van der Waals surface area contributed by atoms with E-state index in [1.807, 2.05) is 6.07 Å². The first kappa shape index (κ1) is 13.0. The van der Waals surface area contributed by atoms with E-state index in [-0.39, 0.29) is 0 Å². The molecule has 1 aliphatic rings. The SMILES string of the molecule is [C-]#[N+]c1ccc(Oc2ccc3c(c2)COB3O)cc1Cl. The molecule has 2 aromatic rings. The van der Waals surface area contributed by atoms with Gasteiger partial charge in [0.25, 0.3) is 0 Å². The van der Waals surface area contributed by atoms with Gasteiger partial charge in [0.2, 0.25) is 5.69 Å². The maximum atomic E-state index is 9.55. The Hall–Kier alpha value is -2.00. The summed E-state index contributed by atoms with van der Waals surface area (Å²) >= 11 is 5.96. The Morgan fingerprint density at radius 3 is 2.75 bits per heavy atom. The van der Waals surface area contributed by atoms with Crippen LogP contribution < -0.4 is 10.2 Å². The summed E-state index contributed by atoms with van der Waals surface area (Å²) in [4.78, 5) is 3.29. The van der Waals surface area contributed by atoms with Crippen LogP contribution in [0.2, 0.25) is 5.02 Å². The average molecular weight is 285 g/mol. The zero-order chi connectivity index (χ0) is 14.1. The van der Waals surface area contributed by atoms with Crippen LogP contribution >= 0.6 is 11.6 Å². The van der Waals surface area contributed by atoms with Crippen molar-refractivity contribution in [2.24, 2.45) is 0 Å². The number of rotatable bonds is 2. The molecule has 0 spiro atoms. The van der Waals surface area contributed by atoms with Crippen LogP contribution in [0.15, 0.2) is 36.4 Å². The molecule has 1 heterocycles. The van der Waals surface area contributed by atoms with Gasteiger partial charge in [0.05, 0.1) is 18.2 Å². The van der Waals surface area contributed by atoms with Crippen molar-refractivity contribution in [3.8, 4) is 11.5 Å². The van der Waals surface area contributed by atoms with Crippen LogP contribution in [0.1, 0.15) is 5.56 Å². The van der Waals surface area contributed by atoms with Crippen molar-refractivity contribution in [3.63, 3.8) is 0 Å². The minimum absolute atomic E-state index is 0.359. The van der Waals surface area contributed by atoms with Crippen molar-refractivity contribution >= 4 is 29.9 Å². The smallest absolute Gasteiger partial charge is 0.457 e. The molecular weight excluding hydrogens is 276 g/mol. The largest absolute Gasteiger partial charge is 0.491 e. The minimum Gasteiger partial charge on any atom is -0.457 e. The van der Waals surface area contributed by atoms with Crippen molar-refractivity contribution in [2.75, 3.05) is 0 Å². The third-order valence-corrected chi connectivity index (χ3v) is 3.36. The molecule has 0 saturated carbocycles. The Morgan fingerprint density at radius 1 is 1.25 bits per heavy atom. The Bertz CT molecular complexity index is 714. The monoisotopic (exact) mass is 285 g/mol. The molecule has 0 unspecified atom stereocenters. The van der Waals surface area contributed by atoms with Gasteiger partial charge in [-0.3, -0.25) is 0 Å². The van der Waals surface area contributed by atoms with E-state index in [1.54, 1.807) is 30.3 Å². The lowest BCUT2D eigenvalue weighted by molar-refractivity contribution is 0.275. The van der Waals surface area contributed by atoms with Gasteiger partial charge in [-0.1, -0.05) is 23.7 Å². The molecule has 6 heteroatoms. The second-order valence-corrected chi connectivity index (χ2v) is 4.76. The first-order chi connectivity index (χ1) is 9.67. The van der Waals surface area contributed by atoms with E-state index >= 15 is 0 Å². The molecule has 20 heavy (non-hydrogen) atoms. The second kappa shape index (κ2) is 5.18. The summed E-state index contributed by atoms with van der Waals surface area (Å²) in [5, 5.41) is 9.91. The number of benzene rings is 2. The van der Waals surface area contributed by atoms with Crippen LogP contribution in [0.5, 0.6) is 11.5 Å². The molecule has 0 aromatic heterocycles. The van der Waals surface area contributed by atoms with Crippen LogP contribution in [-0.2, 0) is 11.3 Å². The van der Waals surface area contributed by atoms with Crippen molar-refractivity contribution < 1.29 is 14.4 Å². The Morgan fingerprint density at radius 2 is 2.00 bits per heavy atom. The second-order valence-electron chi connectivity index (χ2n) is 4.35. The van der Waals surface area contributed by atoms with Gasteiger partial charge in [0, 0.05) is 0 Å². The molecule has 4 nitrogen and oxygen atoms in total. The van der Waals surface area contributed by atoms with E-state index in [1.165, 1.54) is 0 Å². The van der Waals surface area contributed by atoms with Gasteiger partial charge in [-0.05, 0) is 35.3 Å². The molecular formula is C14H9BClNO3. The van der Waals surface area contributed by atoms with Crippen molar-refractivity contribution in [1.82, 2.24) is 0 Å². The van der Waals surface area contributed by atoms with E-state index in [0.717, 1.165) is 11.0 Å². The molecule has 0 amide bonds. The molecule has 98 valence electrons. The molecule has 0 atom stereocenters. The van der Waals surface area contributed by atoms with E-state index < -0.39 is 7.12 Å². The Kier molecular flexibility index (Phi) is 3.37. The first-order valence-corrected chi connectivity index (χ1v) is 6.32. The summed E-state index contributed by atoms with van der Waals surface area (Å²) in [5.74, 6) is 1.19. The van der Waals surface area contributed by atoms with Gasteiger partial charge in [-0.25, -0.2) is 4.85 Å². The Balaban J connectivity index is 1.85. The third-order valence-electron chi connectivity index (χ3n) is 3.05. The molecule has 0 aliphatic carbocycles. The normalized spacial score (nSPS) is 12.9. The van der Waals surface area contributed by atoms with Gasteiger partial charge in [-0.2, -0.15) is 0 Å². The van der Waals surface area contributed by atoms with Crippen LogP contribution in [0, 0.1) is 6.57 Å². The zero-order valence-corrected chi connectivity index (χ0v) is 11.1. The van der Waals surface area contributed by atoms with E-state index in [2.05, 4.69) is 4.85 Å². The van der Waals surface area contributed by atoms with Crippen LogP contribution in [0.3, 0.4) is 0 Å². The van der Waals surface area contributed by atoms with Crippen LogP contribution in [-0.4, -0.2) is 12.1 Å². The predicted octanol–water partition coefficient (Wildman–Crippen LogP) is 2.90. The highest BCUT2D eigenvalue weighted by Crippen LogP contribution is 2.31. The first-order valence-electron chi connectivity index (χ1n) is 5.95. The zero-order valence-electron chi connectivity index (χ0n) is 10.3. The van der Waals surface area contributed by atoms with Crippen molar-refractivity contribution in [1.29, 1.82) is 0 Å². The Labute approximate surface area is 121 Å². The van der Waals surface area contributed by atoms with Gasteiger partial charge < -0.3 is 14.4 Å². The lowest BCUT2D eigenvalue weighted by Gasteiger charge is -2.08. The maximum absolute atomic E-state index is 9.55. The lowest BCUT2D eigenvalue weighted by atomic mass is 9.80. The highest BCUT2D eigenvalue weighted by atomic mass is 35.5. The summed E-state index contributed by atoms with van der Waals surface area (Å²) < 4.78 is 10.8. The number of nitrogens with zero attached hydrogens (tertiary/aromatic N) is 1. The summed E-state index contributed by atoms with van der Waals surface area (Å²) in [6.07, 6.45) is 0. The fourth-order valence-electron chi connectivity index (χ4n) is 2.05. The van der Waals surface area contributed by atoms with Crippen LogP contribution in [0.25, 0.3) is 4.85 Å². The molecule has 0 radical (unpaired) electrons. The molecule has 0 bridgehead atoms. The number of halogens is 1. The summed E-state index contributed by atoms with van der Waals surface area (Å²) in [5.41, 5.74) is 2.06. The summed E-state index contributed by atoms with van der Waals surface area (Å²) in [6.45, 7) is 7.31. The third kappa shape index (κ3) is 2.37.